The van der Waals surface area contributed by atoms with Crippen molar-refractivity contribution in [3.05, 3.63) is 31.0 Å². The van der Waals surface area contributed by atoms with E-state index in [1.54, 1.807) is 0 Å². The number of rotatable bonds is 2. The summed E-state index contributed by atoms with van der Waals surface area (Å²) in [4.78, 5) is 2.98. The Hall–Kier alpha value is -0.580. The molecule has 11 heavy (non-hydrogen) atoms. The third-order valence-electron chi connectivity index (χ3n) is 1.00. The molecule has 0 saturated heterocycles. The van der Waals surface area contributed by atoms with Crippen molar-refractivity contribution >= 4 is 27.3 Å². The lowest BCUT2D eigenvalue weighted by molar-refractivity contribution is 0.618. The molecule has 0 aromatic carbocycles. The van der Waals surface area contributed by atoms with Crippen molar-refractivity contribution < 1.29 is 4.39 Å². The van der Waals surface area contributed by atoms with Gasteiger partial charge in [0, 0.05) is 9.79 Å². The van der Waals surface area contributed by atoms with Crippen molar-refractivity contribution in [3.63, 3.8) is 0 Å². The van der Waals surface area contributed by atoms with Gasteiger partial charge in [0.15, 0.2) is 0 Å². The zero-order chi connectivity index (χ0) is 8.27. The number of thiophene rings is 1. The van der Waals surface area contributed by atoms with Crippen molar-refractivity contribution in [3.8, 4) is 0 Å². The summed E-state index contributed by atoms with van der Waals surface area (Å²) in [5.74, 6) is -0.325. The van der Waals surface area contributed by atoms with Gasteiger partial charge in [0.2, 0.25) is 0 Å². The van der Waals surface area contributed by atoms with Gasteiger partial charge in [-0.15, -0.1) is 11.3 Å². The summed E-state index contributed by atoms with van der Waals surface area (Å²) in [5.41, 5.74) is 7.95. The van der Waals surface area contributed by atoms with E-state index in [1.165, 1.54) is 17.4 Å². The van der Waals surface area contributed by atoms with E-state index in [4.69, 9.17) is 5.53 Å². The van der Waals surface area contributed by atoms with Gasteiger partial charge in [0.1, 0.15) is 5.82 Å². The van der Waals surface area contributed by atoms with Gasteiger partial charge in [-0.25, -0.2) is 4.39 Å². The maximum absolute atomic E-state index is 12.7. The Kier molecular flexibility index (Phi) is 2.87. The Bertz CT molecular complexity index is 305. The molecule has 1 aromatic rings. The molecule has 0 atom stereocenters. The highest BCUT2D eigenvalue weighted by molar-refractivity contribution is 9.11. The van der Waals surface area contributed by atoms with Crippen LogP contribution in [0.3, 0.4) is 0 Å². The van der Waals surface area contributed by atoms with Gasteiger partial charge < -0.3 is 0 Å². The molecule has 0 saturated carbocycles. The van der Waals surface area contributed by atoms with E-state index in [0.29, 0.717) is 8.66 Å². The van der Waals surface area contributed by atoms with Gasteiger partial charge >= 0.3 is 0 Å². The fraction of sp³-hybridized carbons (Fsp3) is 0.200. The van der Waals surface area contributed by atoms with Crippen LogP contribution in [0, 0.1) is 5.82 Å². The van der Waals surface area contributed by atoms with Gasteiger partial charge in [0.05, 0.1) is 10.3 Å². The maximum atomic E-state index is 12.7. The fourth-order valence-corrected chi connectivity index (χ4v) is 2.04. The third-order valence-corrected chi connectivity index (χ3v) is 2.60. The lowest BCUT2D eigenvalue weighted by Gasteiger charge is -1.84. The minimum Gasteiger partial charge on any atom is -0.206 e. The van der Waals surface area contributed by atoms with Crippen LogP contribution in [0.4, 0.5) is 4.39 Å². The van der Waals surface area contributed by atoms with E-state index < -0.39 is 0 Å². The first-order valence-corrected chi connectivity index (χ1v) is 4.29. The molecule has 3 nitrogen and oxygen atoms in total. The predicted molar refractivity (Wildman–Crippen MR) is 44.8 cm³/mol. The highest BCUT2D eigenvalue weighted by Gasteiger charge is 2.04. The second kappa shape index (κ2) is 3.71. The van der Waals surface area contributed by atoms with Crippen LogP contribution in [0.5, 0.6) is 0 Å². The number of nitrogens with zero attached hydrogens (tertiary/aromatic N) is 3. The molecule has 0 radical (unpaired) electrons. The molecule has 6 heteroatoms. The van der Waals surface area contributed by atoms with Crippen LogP contribution in [0.15, 0.2) is 15.0 Å². The van der Waals surface area contributed by atoms with Crippen LogP contribution in [-0.2, 0) is 6.54 Å². The van der Waals surface area contributed by atoms with Crippen molar-refractivity contribution in [2.24, 2.45) is 5.11 Å². The Balaban J connectivity index is 2.85. The van der Waals surface area contributed by atoms with E-state index in [-0.39, 0.29) is 12.4 Å². The average Bonchev–Trinajstić information content (AvgIpc) is 2.26. The Morgan fingerprint density at radius 1 is 1.82 bits per heavy atom. The lowest BCUT2D eigenvalue weighted by Crippen LogP contribution is -1.75. The molecule has 0 N–H and O–H groups in total. The first kappa shape index (κ1) is 8.52. The summed E-state index contributed by atoms with van der Waals surface area (Å²) >= 11 is 4.35. The fourth-order valence-electron chi connectivity index (χ4n) is 0.580. The van der Waals surface area contributed by atoms with E-state index in [0.717, 1.165) is 0 Å². The van der Waals surface area contributed by atoms with Gasteiger partial charge in [0.25, 0.3) is 0 Å². The molecular weight excluding hydrogens is 233 g/mol. The molecule has 0 amide bonds. The van der Waals surface area contributed by atoms with E-state index in [2.05, 4.69) is 26.0 Å². The summed E-state index contributed by atoms with van der Waals surface area (Å²) in [6.07, 6.45) is 0. The van der Waals surface area contributed by atoms with Crippen molar-refractivity contribution in [1.82, 2.24) is 0 Å². The van der Waals surface area contributed by atoms with Crippen LogP contribution in [0.2, 0.25) is 0 Å². The molecule has 1 rings (SSSR count). The first-order chi connectivity index (χ1) is 5.24. The van der Waals surface area contributed by atoms with Crippen molar-refractivity contribution in [2.75, 3.05) is 0 Å². The molecule has 0 aliphatic rings. The highest BCUT2D eigenvalue weighted by Crippen LogP contribution is 2.26. The minimum atomic E-state index is -0.325. The minimum absolute atomic E-state index is 0.0819. The zero-order valence-corrected chi connectivity index (χ0v) is 7.69. The molecule has 0 aliphatic carbocycles. The average molecular weight is 236 g/mol. The van der Waals surface area contributed by atoms with Crippen LogP contribution >= 0.6 is 27.3 Å². The van der Waals surface area contributed by atoms with E-state index in [1.807, 2.05) is 0 Å². The predicted octanol–water partition coefficient (Wildman–Crippen LogP) is 3.46. The van der Waals surface area contributed by atoms with E-state index in [9.17, 15) is 4.39 Å². The van der Waals surface area contributed by atoms with E-state index >= 15 is 0 Å². The second-order valence-electron chi connectivity index (χ2n) is 1.71. The molecular formula is C5H3BrFN3S. The summed E-state index contributed by atoms with van der Waals surface area (Å²) in [5, 5.41) is 3.25. The molecule has 0 fully saturated rings. The Morgan fingerprint density at radius 3 is 3.00 bits per heavy atom. The molecule has 58 valence electrons. The molecule has 0 aliphatic heterocycles. The summed E-state index contributed by atoms with van der Waals surface area (Å²) in [7, 11) is 0. The quantitative estimate of drug-likeness (QED) is 0.429. The second-order valence-corrected chi connectivity index (χ2v) is 4.23. The Labute approximate surface area is 74.6 Å². The first-order valence-electron chi connectivity index (χ1n) is 2.68. The number of azide groups is 1. The van der Waals surface area contributed by atoms with Crippen LogP contribution < -0.4 is 0 Å². The lowest BCUT2D eigenvalue weighted by atomic mass is 10.4. The molecule has 1 aromatic heterocycles. The van der Waals surface area contributed by atoms with Crippen molar-refractivity contribution in [2.45, 2.75) is 6.54 Å². The normalized spacial score (nSPS) is 9.27. The molecule has 1 heterocycles. The maximum Gasteiger partial charge on any atom is 0.138 e. The highest BCUT2D eigenvalue weighted by atomic mass is 79.9. The SMILES string of the molecule is [N-]=[N+]=NCc1sc(Br)cc1F. The summed E-state index contributed by atoms with van der Waals surface area (Å²) in [6, 6.07) is 1.35. The monoisotopic (exact) mass is 235 g/mol. The molecule has 0 spiro atoms. The third kappa shape index (κ3) is 2.18. The molecule has 0 bridgehead atoms. The zero-order valence-electron chi connectivity index (χ0n) is 5.29. The van der Waals surface area contributed by atoms with Gasteiger partial charge in [-0.2, -0.15) is 0 Å². The number of hydrogen-bond donors (Lipinski definition) is 0. The van der Waals surface area contributed by atoms with Gasteiger partial charge in [-0.3, -0.25) is 0 Å². The van der Waals surface area contributed by atoms with Gasteiger partial charge in [-0.05, 0) is 27.5 Å². The number of hydrogen-bond acceptors (Lipinski definition) is 2. The Morgan fingerprint density at radius 2 is 2.55 bits per heavy atom. The van der Waals surface area contributed by atoms with Crippen LogP contribution in [0.25, 0.3) is 10.4 Å². The van der Waals surface area contributed by atoms with Gasteiger partial charge in [-0.1, -0.05) is 5.11 Å². The smallest absolute Gasteiger partial charge is 0.138 e. The largest absolute Gasteiger partial charge is 0.206 e. The van der Waals surface area contributed by atoms with Crippen LogP contribution in [-0.4, -0.2) is 0 Å². The standard InChI is InChI=1S/C5H3BrFN3S/c6-5-1-3(7)4(11-5)2-9-10-8/h1H,2H2. The van der Waals surface area contributed by atoms with Crippen LogP contribution in [0.1, 0.15) is 4.88 Å². The number of halogens is 2. The van der Waals surface area contributed by atoms with Crippen molar-refractivity contribution in [1.29, 1.82) is 0 Å². The topological polar surface area (TPSA) is 48.8 Å². The summed E-state index contributed by atoms with van der Waals surface area (Å²) < 4.78 is 13.4. The molecule has 0 unspecified atom stereocenters. The summed E-state index contributed by atoms with van der Waals surface area (Å²) in [6.45, 7) is 0.0819.